The van der Waals surface area contributed by atoms with Crippen LogP contribution in [0, 0.1) is 0 Å². The number of benzene rings is 1. The van der Waals surface area contributed by atoms with Crippen molar-refractivity contribution in [2.75, 3.05) is 38.2 Å². The van der Waals surface area contributed by atoms with Crippen LogP contribution in [0.3, 0.4) is 0 Å². The molecule has 0 bridgehead atoms. The second kappa shape index (κ2) is 7.55. The molecule has 1 aromatic rings. The summed E-state index contributed by atoms with van der Waals surface area (Å²) in [4.78, 5) is 14.7. The highest BCUT2D eigenvalue weighted by molar-refractivity contribution is 5.91. The summed E-state index contributed by atoms with van der Waals surface area (Å²) in [5, 5.41) is 5.95. The third-order valence-electron chi connectivity index (χ3n) is 4.28. The van der Waals surface area contributed by atoms with E-state index in [0.717, 1.165) is 32.5 Å². The lowest BCUT2D eigenvalue weighted by atomic mass is 10.1. The zero-order valence-corrected chi connectivity index (χ0v) is 13.6. The van der Waals surface area contributed by atoms with Crippen molar-refractivity contribution in [3.05, 3.63) is 18.2 Å². The fourth-order valence-electron chi connectivity index (χ4n) is 3.13. The van der Waals surface area contributed by atoms with E-state index in [-0.39, 0.29) is 12.1 Å². The highest BCUT2D eigenvalue weighted by Gasteiger charge is 2.21. The van der Waals surface area contributed by atoms with E-state index in [4.69, 9.17) is 9.47 Å². The van der Waals surface area contributed by atoms with Gasteiger partial charge in [-0.05, 0) is 37.9 Å². The maximum Gasteiger partial charge on any atom is 0.319 e. The largest absolute Gasteiger partial charge is 0.486 e. The predicted molar refractivity (Wildman–Crippen MR) is 89.3 cm³/mol. The number of piperidine rings is 1. The molecule has 2 N–H and O–H groups in total. The number of nitrogens with zero attached hydrogens (tertiary/aromatic N) is 1. The summed E-state index contributed by atoms with van der Waals surface area (Å²) in [7, 11) is 0. The lowest BCUT2D eigenvalue weighted by Gasteiger charge is -2.32. The zero-order valence-electron chi connectivity index (χ0n) is 13.6. The first-order valence-electron chi connectivity index (χ1n) is 8.44. The van der Waals surface area contributed by atoms with Gasteiger partial charge in [-0.3, -0.25) is 0 Å². The summed E-state index contributed by atoms with van der Waals surface area (Å²) in [6, 6.07) is 5.59. The zero-order chi connectivity index (χ0) is 16.1. The summed E-state index contributed by atoms with van der Waals surface area (Å²) in [5.74, 6) is 1.30. The number of nitrogens with one attached hydrogen (secondary N) is 2. The number of fused-ring (bicyclic) bond motifs is 1. The molecule has 0 spiro atoms. The molecule has 1 saturated heterocycles. The third kappa shape index (κ3) is 4.07. The third-order valence-corrected chi connectivity index (χ3v) is 4.28. The second-order valence-corrected chi connectivity index (χ2v) is 6.04. The van der Waals surface area contributed by atoms with Crippen LogP contribution >= 0.6 is 0 Å². The van der Waals surface area contributed by atoms with E-state index in [1.807, 2.05) is 18.2 Å². The van der Waals surface area contributed by atoms with Crippen molar-refractivity contribution in [1.82, 2.24) is 10.2 Å². The number of rotatable bonds is 4. The molecule has 0 unspecified atom stereocenters. The van der Waals surface area contributed by atoms with Crippen LogP contribution in [0.1, 0.15) is 26.2 Å². The molecule has 0 aliphatic carbocycles. The summed E-state index contributed by atoms with van der Waals surface area (Å²) < 4.78 is 11.1. The molecule has 6 nitrogen and oxygen atoms in total. The van der Waals surface area contributed by atoms with Gasteiger partial charge in [0, 0.05) is 19.1 Å². The predicted octanol–water partition coefficient (Wildman–Crippen LogP) is 2.45. The van der Waals surface area contributed by atoms with E-state index in [9.17, 15) is 4.79 Å². The molecule has 1 fully saturated rings. The Labute approximate surface area is 137 Å². The fraction of sp³-hybridized carbons (Fsp3) is 0.588. The van der Waals surface area contributed by atoms with Gasteiger partial charge in [0.25, 0.3) is 0 Å². The Morgan fingerprint density at radius 1 is 1.26 bits per heavy atom. The lowest BCUT2D eigenvalue weighted by molar-refractivity contribution is 0.172. The Hall–Kier alpha value is -1.95. The maximum absolute atomic E-state index is 12.2. The van der Waals surface area contributed by atoms with Crippen molar-refractivity contribution >= 4 is 11.7 Å². The molecule has 126 valence electrons. The molecule has 1 aromatic carbocycles. The van der Waals surface area contributed by atoms with Crippen molar-refractivity contribution in [3.8, 4) is 11.5 Å². The molecular weight excluding hydrogens is 294 g/mol. The molecule has 2 amide bonds. The normalized spacial score (nSPS) is 18.5. The van der Waals surface area contributed by atoms with Crippen molar-refractivity contribution in [3.63, 3.8) is 0 Å². The molecule has 0 aromatic heterocycles. The van der Waals surface area contributed by atoms with Crippen LogP contribution < -0.4 is 20.1 Å². The SMILES string of the molecule is CCCN1CCC(NC(=O)Nc2cccc3c2OCCO3)CC1. The molecule has 2 aliphatic heterocycles. The van der Waals surface area contributed by atoms with Gasteiger partial charge in [0.15, 0.2) is 11.5 Å². The van der Waals surface area contributed by atoms with E-state index >= 15 is 0 Å². The van der Waals surface area contributed by atoms with E-state index in [1.54, 1.807) is 0 Å². The monoisotopic (exact) mass is 319 g/mol. The van der Waals surface area contributed by atoms with Gasteiger partial charge in [0.2, 0.25) is 0 Å². The first-order chi connectivity index (χ1) is 11.3. The number of likely N-dealkylation sites (tertiary alicyclic amines) is 1. The fourth-order valence-corrected chi connectivity index (χ4v) is 3.13. The van der Waals surface area contributed by atoms with Gasteiger partial charge in [0.05, 0.1) is 5.69 Å². The van der Waals surface area contributed by atoms with Crippen molar-refractivity contribution in [2.45, 2.75) is 32.2 Å². The maximum atomic E-state index is 12.2. The molecule has 3 rings (SSSR count). The number of para-hydroxylation sites is 1. The number of carbonyl (C=O) groups excluding carboxylic acids is 1. The van der Waals surface area contributed by atoms with Gasteiger partial charge in [-0.2, -0.15) is 0 Å². The first kappa shape index (κ1) is 15.9. The summed E-state index contributed by atoms with van der Waals surface area (Å²) >= 11 is 0. The number of amides is 2. The van der Waals surface area contributed by atoms with Crippen molar-refractivity contribution < 1.29 is 14.3 Å². The molecule has 0 radical (unpaired) electrons. The molecule has 0 atom stereocenters. The Kier molecular flexibility index (Phi) is 5.23. The van der Waals surface area contributed by atoms with Crippen molar-refractivity contribution in [1.29, 1.82) is 0 Å². The van der Waals surface area contributed by atoms with Gasteiger partial charge >= 0.3 is 6.03 Å². The molecule has 0 saturated carbocycles. The minimum absolute atomic E-state index is 0.179. The number of hydrogen-bond acceptors (Lipinski definition) is 4. The van der Waals surface area contributed by atoms with Gasteiger partial charge in [-0.25, -0.2) is 4.79 Å². The van der Waals surface area contributed by atoms with Crippen LogP contribution in [-0.4, -0.2) is 49.8 Å². The standard InChI is InChI=1S/C17H25N3O3/c1-2-8-20-9-6-13(7-10-20)18-17(21)19-14-4-3-5-15-16(14)23-12-11-22-15/h3-5,13H,2,6-12H2,1H3,(H2,18,19,21). The Morgan fingerprint density at radius 2 is 2.04 bits per heavy atom. The second-order valence-electron chi connectivity index (χ2n) is 6.04. The number of ether oxygens (including phenoxy) is 2. The smallest absolute Gasteiger partial charge is 0.319 e. The Morgan fingerprint density at radius 3 is 2.83 bits per heavy atom. The van der Waals surface area contributed by atoms with Crippen molar-refractivity contribution in [2.24, 2.45) is 0 Å². The van der Waals surface area contributed by atoms with E-state index in [1.165, 1.54) is 6.42 Å². The van der Waals surface area contributed by atoms with Crippen LogP contribution in [0.4, 0.5) is 10.5 Å². The topological polar surface area (TPSA) is 62.8 Å². The van der Waals surface area contributed by atoms with Gasteiger partial charge in [-0.1, -0.05) is 13.0 Å². The van der Waals surface area contributed by atoms with Crippen LogP contribution in [0.5, 0.6) is 11.5 Å². The molecule has 2 heterocycles. The average molecular weight is 319 g/mol. The highest BCUT2D eigenvalue weighted by atomic mass is 16.6. The summed E-state index contributed by atoms with van der Waals surface area (Å²) in [6.07, 6.45) is 3.18. The average Bonchev–Trinajstić information content (AvgIpc) is 2.57. The van der Waals surface area contributed by atoms with E-state index in [2.05, 4.69) is 22.5 Å². The Bertz CT molecular complexity index is 542. The van der Waals surface area contributed by atoms with Crippen LogP contribution in [-0.2, 0) is 0 Å². The van der Waals surface area contributed by atoms with Crippen LogP contribution in [0.2, 0.25) is 0 Å². The van der Waals surface area contributed by atoms with E-state index in [0.29, 0.717) is 30.4 Å². The summed E-state index contributed by atoms with van der Waals surface area (Å²) in [5.41, 5.74) is 0.656. The van der Waals surface area contributed by atoms with Crippen LogP contribution in [0.25, 0.3) is 0 Å². The molecule has 23 heavy (non-hydrogen) atoms. The van der Waals surface area contributed by atoms with Gasteiger partial charge < -0.3 is 25.0 Å². The number of urea groups is 1. The van der Waals surface area contributed by atoms with E-state index < -0.39 is 0 Å². The quantitative estimate of drug-likeness (QED) is 0.895. The first-order valence-corrected chi connectivity index (χ1v) is 8.44. The molecule has 6 heteroatoms. The minimum Gasteiger partial charge on any atom is -0.486 e. The number of anilines is 1. The highest BCUT2D eigenvalue weighted by Crippen LogP contribution is 2.37. The number of hydrogen-bond donors (Lipinski definition) is 2. The summed E-state index contributed by atoms with van der Waals surface area (Å²) in [6.45, 7) is 6.49. The number of carbonyl (C=O) groups is 1. The van der Waals surface area contributed by atoms with Gasteiger partial charge in [-0.15, -0.1) is 0 Å². The lowest BCUT2D eigenvalue weighted by Crippen LogP contribution is -2.46. The Balaban J connectivity index is 1.52. The minimum atomic E-state index is -0.179. The molecular formula is C17H25N3O3. The van der Waals surface area contributed by atoms with Crippen LogP contribution in [0.15, 0.2) is 18.2 Å². The van der Waals surface area contributed by atoms with Gasteiger partial charge in [0.1, 0.15) is 13.2 Å². The molecule has 2 aliphatic rings.